The SMILES string of the molecule is Cc1c(Nc2cc[nH]c(=O)c2C(=O)Nc2ccc(N3CCN(C(=O)N4CC5(CCC5)C4)CC3)cc2)cnc2c1NCCO2. The van der Waals surface area contributed by atoms with Crippen LogP contribution in [0.5, 0.6) is 5.88 Å². The molecule has 0 unspecified atom stereocenters. The Bertz CT molecular complexity index is 1600. The van der Waals surface area contributed by atoms with Crippen molar-refractivity contribution >= 4 is 40.4 Å². The van der Waals surface area contributed by atoms with Crippen molar-refractivity contribution in [1.82, 2.24) is 19.8 Å². The van der Waals surface area contributed by atoms with Crippen LogP contribution in [0.4, 0.5) is 33.2 Å². The molecule has 1 aromatic carbocycles. The lowest BCUT2D eigenvalue weighted by Gasteiger charge is -2.56. The van der Waals surface area contributed by atoms with Gasteiger partial charge in [0.15, 0.2) is 0 Å². The number of likely N-dealkylation sites (tertiary alicyclic amines) is 1. The van der Waals surface area contributed by atoms with E-state index in [1.807, 2.05) is 41.0 Å². The summed E-state index contributed by atoms with van der Waals surface area (Å²) in [6.07, 6.45) is 6.96. The summed E-state index contributed by atoms with van der Waals surface area (Å²) in [6, 6.07) is 9.39. The van der Waals surface area contributed by atoms with Crippen LogP contribution in [0.3, 0.4) is 0 Å². The molecule has 4 N–H and O–H groups in total. The average molecular weight is 585 g/mol. The summed E-state index contributed by atoms with van der Waals surface area (Å²) in [6.45, 7) is 7.87. The van der Waals surface area contributed by atoms with E-state index in [0.717, 1.165) is 43.1 Å². The second kappa shape index (κ2) is 10.8. The number of pyridine rings is 2. The van der Waals surface area contributed by atoms with Gasteiger partial charge >= 0.3 is 6.03 Å². The van der Waals surface area contributed by atoms with Crippen LogP contribution in [-0.2, 0) is 0 Å². The number of anilines is 5. The van der Waals surface area contributed by atoms with Crippen LogP contribution in [0.15, 0.2) is 47.5 Å². The van der Waals surface area contributed by atoms with Gasteiger partial charge in [-0.15, -0.1) is 0 Å². The molecule has 0 atom stereocenters. The van der Waals surface area contributed by atoms with Gasteiger partial charge in [-0.3, -0.25) is 9.59 Å². The first-order valence-corrected chi connectivity index (χ1v) is 14.9. The number of aromatic amines is 1. The molecule has 1 spiro atoms. The van der Waals surface area contributed by atoms with Gasteiger partial charge < -0.3 is 40.4 Å². The van der Waals surface area contributed by atoms with E-state index in [2.05, 4.69) is 30.8 Å². The number of benzene rings is 1. The molecule has 0 radical (unpaired) electrons. The number of carbonyl (C=O) groups is 2. The highest BCUT2D eigenvalue weighted by Crippen LogP contribution is 2.48. The summed E-state index contributed by atoms with van der Waals surface area (Å²) in [5, 5.41) is 9.36. The maximum absolute atomic E-state index is 13.3. The minimum absolute atomic E-state index is 0.0286. The molecule has 3 aliphatic heterocycles. The molecule has 224 valence electrons. The van der Waals surface area contributed by atoms with E-state index < -0.39 is 11.5 Å². The fourth-order valence-electron chi connectivity index (χ4n) is 6.50. The number of piperazine rings is 1. The number of hydrogen-bond donors (Lipinski definition) is 4. The van der Waals surface area contributed by atoms with E-state index in [4.69, 9.17) is 4.74 Å². The van der Waals surface area contributed by atoms with Gasteiger partial charge in [-0.05, 0) is 50.1 Å². The number of nitrogens with zero attached hydrogens (tertiary/aromatic N) is 4. The van der Waals surface area contributed by atoms with E-state index in [1.165, 1.54) is 25.5 Å². The van der Waals surface area contributed by atoms with E-state index in [0.29, 0.717) is 54.6 Å². The molecular formula is C31H36N8O4. The average Bonchev–Trinajstić information content (AvgIpc) is 2.98. The molecule has 12 nitrogen and oxygen atoms in total. The number of aromatic nitrogens is 2. The third kappa shape index (κ3) is 5.10. The van der Waals surface area contributed by atoms with Crippen molar-refractivity contribution in [1.29, 1.82) is 0 Å². The van der Waals surface area contributed by atoms with Crippen molar-refractivity contribution in [3.05, 3.63) is 64.2 Å². The van der Waals surface area contributed by atoms with Crippen molar-refractivity contribution in [2.75, 3.05) is 73.3 Å². The summed E-state index contributed by atoms with van der Waals surface area (Å²) in [4.78, 5) is 52.2. The smallest absolute Gasteiger partial charge is 0.320 e. The van der Waals surface area contributed by atoms with Crippen LogP contribution in [0, 0.1) is 12.3 Å². The van der Waals surface area contributed by atoms with Crippen molar-refractivity contribution in [2.24, 2.45) is 5.41 Å². The minimum Gasteiger partial charge on any atom is -0.474 e. The molecule has 12 heteroatoms. The van der Waals surface area contributed by atoms with Gasteiger partial charge in [-0.25, -0.2) is 9.78 Å². The van der Waals surface area contributed by atoms with Crippen LogP contribution in [0.2, 0.25) is 0 Å². The van der Waals surface area contributed by atoms with Crippen LogP contribution in [-0.4, -0.2) is 84.1 Å². The molecule has 2 aromatic heterocycles. The monoisotopic (exact) mass is 584 g/mol. The molecule has 3 fully saturated rings. The van der Waals surface area contributed by atoms with Gasteiger partial charge in [0.2, 0.25) is 5.88 Å². The fourth-order valence-corrected chi connectivity index (χ4v) is 6.50. The molecule has 0 bridgehead atoms. The zero-order chi connectivity index (χ0) is 29.6. The van der Waals surface area contributed by atoms with Gasteiger partial charge in [0.1, 0.15) is 17.9 Å². The molecule has 1 saturated carbocycles. The number of ether oxygens (including phenoxy) is 1. The lowest BCUT2D eigenvalue weighted by Crippen LogP contribution is -2.65. The zero-order valence-corrected chi connectivity index (χ0v) is 24.2. The Balaban J connectivity index is 0.980. The minimum atomic E-state index is -0.524. The number of hydrogen-bond acceptors (Lipinski definition) is 8. The molecule has 4 aliphatic rings. The number of nitrogens with one attached hydrogen (secondary N) is 4. The predicted octanol–water partition coefficient (Wildman–Crippen LogP) is 3.61. The van der Waals surface area contributed by atoms with Crippen LogP contribution >= 0.6 is 0 Å². The lowest BCUT2D eigenvalue weighted by atomic mass is 9.64. The highest BCUT2D eigenvalue weighted by molar-refractivity contribution is 6.08. The topological polar surface area (TPSA) is 135 Å². The third-order valence-corrected chi connectivity index (χ3v) is 9.18. The first-order chi connectivity index (χ1) is 20.9. The molecule has 1 aliphatic carbocycles. The molecule has 2 saturated heterocycles. The summed E-state index contributed by atoms with van der Waals surface area (Å²) < 4.78 is 5.60. The van der Waals surface area contributed by atoms with Crippen LogP contribution < -0.4 is 31.1 Å². The number of fused-ring (bicyclic) bond motifs is 1. The highest BCUT2D eigenvalue weighted by Gasteiger charge is 2.49. The summed E-state index contributed by atoms with van der Waals surface area (Å²) >= 11 is 0. The summed E-state index contributed by atoms with van der Waals surface area (Å²) in [5.74, 6) is 0.00860. The van der Waals surface area contributed by atoms with Gasteiger partial charge in [0.25, 0.3) is 11.5 Å². The van der Waals surface area contributed by atoms with E-state index in [9.17, 15) is 14.4 Å². The second-order valence-corrected chi connectivity index (χ2v) is 11.9. The first kappa shape index (κ1) is 27.1. The number of amides is 3. The van der Waals surface area contributed by atoms with E-state index in [1.54, 1.807) is 12.3 Å². The Hall–Kier alpha value is -4.74. The van der Waals surface area contributed by atoms with Crippen LogP contribution in [0.1, 0.15) is 35.2 Å². The number of carbonyl (C=O) groups excluding carboxylic acids is 2. The van der Waals surface area contributed by atoms with Crippen molar-refractivity contribution in [3.8, 4) is 5.88 Å². The van der Waals surface area contributed by atoms with E-state index >= 15 is 0 Å². The molecule has 5 heterocycles. The normalized spacial score (nSPS) is 18.5. The standard InChI is InChI=1S/C31H36N8O4/c1-20-24(17-34-29-26(20)32-11-16-43-29)36-23-7-10-33-27(40)25(23)28(41)35-21-3-5-22(6-4-21)37-12-14-38(15-13-37)30(42)39-18-31(19-39)8-2-9-31/h3-7,10,17,32H,2,8-9,11-16,18-19H2,1H3,(H,35,41)(H2,33,36,40). The van der Waals surface area contributed by atoms with Crippen molar-refractivity contribution < 1.29 is 14.3 Å². The Morgan fingerprint density at radius 2 is 1.77 bits per heavy atom. The molecular weight excluding hydrogens is 548 g/mol. The largest absolute Gasteiger partial charge is 0.474 e. The molecule has 3 amide bonds. The molecule has 3 aromatic rings. The zero-order valence-electron chi connectivity index (χ0n) is 24.2. The summed E-state index contributed by atoms with van der Waals surface area (Å²) in [5.41, 5.74) is 4.20. The Kier molecular flexibility index (Phi) is 6.83. The van der Waals surface area contributed by atoms with Gasteiger partial charge in [0.05, 0.1) is 17.6 Å². The van der Waals surface area contributed by atoms with Crippen molar-refractivity contribution in [2.45, 2.75) is 26.2 Å². The molecule has 43 heavy (non-hydrogen) atoms. The number of H-pyrrole nitrogens is 1. The Labute approximate surface area is 249 Å². The van der Waals surface area contributed by atoms with E-state index in [-0.39, 0.29) is 11.6 Å². The van der Waals surface area contributed by atoms with Crippen LogP contribution in [0.25, 0.3) is 0 Å². The number of urea groups is 1. The Morgan fingerprint density at radius 1 is 1.00 bits per heavy atom. The Morgan fingerprint density at radius 3 is 2.49 bits per heavy atom. The van der Waals surface area contributed by atoms with Crippen molar-refractivity contribution in [3.63, 3.8) is 0 Å². The second-order valence-electron chi connectivity index (χ2n) is 11.9. The maximum Gasteiger partial charge on any atom is 0.320 e. The predicted molar refractivity (Wildman–Crippen MR) is 165 cm³/mol. The molecule has 7 rings (SSSR count). The summed E-state index contributed by atoms with van der Waals surface area (Å²) in [7, 11) is 0. The maximum atomic E-state index is 13.3. The first-order valence-electron chi connectivity index (χ1n) is 14.9. The van der Waals surface area contributed by atoms with Gasteiger partial charge in [0, 0.05) is 74.4 Å². The van der Waals surface area contributed by atoms with Gasteiger partial charge in [-0.2, -0.15) is 0 Å². The van der Waals surface area contributed by atoms with Gasteiger partial charge in [-0.1, -0.05) is 6.42 Å². The highest BCUT2D eigenvalue weighted by atomic mass is 16.5. The quantitative estimate of drug-likeness (QED) is 0.357. The fraction of sp³-hybridized carbons (Fsp3) is 0.419. The number of rotatable bonds is 5. The lowest BCUT2D eigenvalue weighted by molar-refractivity contribution is -0.0410. The third-order valence-electron chi connectivity index (χ3n) is 9.18.